The van der Waals surface area contributed by atoms with Gasteiger partial charge in [0.2, 0.25) is 10.0 Å². The molecule has 1 radical (unpaired) electrons. The maximum atomic E-state index is 13.7. The van der Waals surface area contributed by atoms with Gasteiger partial charge >= 0.3 is 5.97 Å². The fourth-order valence-corrected chi connectivity index (χ4v) is 7.58. The normalized spacial score (nSPS) is 16.8. The molecule has 1 atom stereocenters. The molecular weight excluding hydrogens is 729 g/mol. The van der Waals surface area contributed by atoms with Crippen molar-refractivity contribution in [1.29, 1.82) is 0 Å². The number of esters is 1. The number of sulfonamides is 2. The first kappa shape index (κ1) is 35.5. The number of rotatable bonds is 12. The fourth-order valence-electron chi connectivity index (χ4n) is 5.63. The first-order valence-electron chi connectivity index (χ1n) is 15.0. The molecule has 4 N–H and O–H groups in total. The van der Waals surface area contributed by atoms with Crippen molar-refractivity contribution >= 4 is 54.9 Å². The number of nitrogens with two attached hydrogens (primary N) is 1. The zero-order chi connectivity index (χ0) is 35.8. The van der Waals surface area contributed by atoms with Crippen LogP contribution in [-0.4, -0.2) is 55.5 Å². The minimum Gasteiger partial charge on any atom is -0.465 e. The van der Waals surface area contributed by atoms with Gasteiger partial charge in [0.15, 0.2) is 0 Å². The predicted molar refractivity (Wildman–Crippen MR) is 184 cm³/mol. The second-order valence-electron chi connectivity index (χ2n) is 11.6. The lowest BCUT2D eigenvalue weighted by Gasteiger charge is -2.38. The van der Waals surface area contributed by atoms with Crippen LogP contribution in [0.15, 0.2) is 95.1 Å². The van der Waals surface area contributed by atoms with Gasteiger partial charge in [-0.25, -0.2) is 41.2 Å². The second kappa shape index (κ2) is 14.1. The predicted octanol–water partition coefficient (Wildman–Crippen LogP) is 4.64. The number of ether oxygens (including phenoxy) is 1. The Morgan fingerprint density at radius 3 is 2.22 bits per heavy atom. The lowest BCUT2D eigenvalue weighted by molar-refractivity contribution is -0.0177. The number of aromatic nitrogens is 4. The van der Waals surface area contributed by atoms with Crippen LogP contribution in [0.3, 0.4) is 0 Å². The maximum absolute atomic E-state index is 13.7. The van der Waals surface area contributed by atoms with Crippen LogP contribution in [-0.2, 0) is 36.4 Å². The van der Waals surface area contributed by atoms with Crippen molar-refractivity contribution in [1.82, 2.24) is 24.9 Å². The fraction of sp³-hybridized carbons (Fsp3) is 0.219. The number of primary sulfonamides is 1. The van der Waals surface area contributed by atoms with Gasteiger partial charge in [-0.15, -0.1) is 0 Å². The number of anilines is 1. The Hall–Kier alpha value is -4.29. The third kappa shape index (κ3) is 7.56. The molecule has 2 aromatic heterocycles. The molecule has 1 aliphatic carbocycles. The molecule has 14 nitrogen and oxygen atoms in total. The van der Waals surface area contributed by atoms with Gasteiger partial charge in [0.05, 0.1) is 54.0 Å². The van der Waals surface area contributed by atoms with E-state index in [4.69, 9.17) is 33.1 Å². The van der Waals surface area contributed by atoms with Gasteiger partial charge in [0.25, 0.3) is 10.0 Å². The smallest absolute Gasteiger partial charge is 0.340 e. The van der Waals surface area contributed by atoms with E-state index in [-0.39, 0.29) is 39.3 Å². The van der Waals surface area contributed by atoms with E-state index in [0.29, 0.717) is 39.8 Å². The van der Waals surface area contributed by atoms with Gasteiger partial charge in [-0.3, -0.25) is 4.72 Å². The monoisotopic (exact) mass is 758 g/mol. The van der Waals surface area contributed by atoms with Crippen LogP contribution in [0.4, 0.5) is 5.69 Å². The number of carbonyl (C=O) groups is 1. The number of halogens is 2. The van der Waals surface area contributed by atoms with Crippen LogP contribution >= 0.6 is 23.2 Å². The van der Waals surface area contributed by atoms with E-state index in [0.717, 1.165) is 6.20 Å². The molecule has 5 aromatic rings. The lowest BCUT2D eigenvalue weighted by atomic mass is 9.75. The number of carbonyl (C=O) groups excluding carboxylic acids is 1. The first-order valence-corrected chi connectivity index (χ1v) is 18.8. The summed E-state index contributed by atoms with van der Waals surface area (Å²) in [6.07, 6.45) is 3.05. The standard InChI is InChI=1S/C32H30Cl2N7O7S2/c1-48-32(43)27-12-19(2-11-28(27)39-50(46,47)26-16-37-40(18-26)24-7-3-21(33)4-8-24)15-36-23-13-20(14-23)31(42)30-29(49(35,44)45)17-38-41(30)25-9-5-22(34)6-10-25/h2-12,16-18,20,23,31,36,39H,13-15H2,1H3,(H2,35,44,45)/t20-,23+,31?. The van der Waals surface area contributed by atoms with E-state index < -0.39 is 38.0 Å². The Bertz CT molecular complexity index is 2250. The molecule has 1 fully saturated rings. The molecule has 6 rings (SSSR count). The second-order valence-corrected chi connectivity index (χ2v) is 15.7. The van der Waals surface area contributed by atoms with E-state index >= 15 is 0 Å². The Labute approximate surface area is 297 Å². The van der Waals surface area contributed by atoms with Crippen molar-refractivity contribution in [3.05, 3.63) is 112 Å². The van der Waals surface area contributed by atoms with Gasteiger partial charge in [-0.05, 0) is 85.0 Å². The van der Waals surface area contributed by atoms with Crippen molar-refractivity contribution < 1.29 is 31.5 Å². The SMILES string of the molecule is COC(=O)c1cc(CN[C@H]2C[C@@H](C([O])c3c(S(N)(=O)=O)cnn3-c3ccc(Cl)cc3)C2)ccc1NS(=O)(=O)c1cnn(-c2ccc(Cl)cc2)c1. The topological polar surface area (TPSA) is 200 Å². The number of nitrogens with one attached hydrogen (secondary N) is 2. The van der Waals surface area contributed by atoms with Gasteiger partial charge in [0, 0.05) is 22.6 Å². The summed E-state index contributed by atoms with van der Waals surface area (Å²) >= 11 is 11.9. The van der Waals surface area contributed by atoms with Crippen LogP contribution in [0.5, 0.6) is 0 Å². The van der Waals surface area contributed by atoms with Crippen LogP contribution in [0.1, 0.15) is 40.6 Å². The van der Waals surface area contributed by atoms with Crippen molar-refractivity contribution in [3.8, 4) is 11.4 Å². The Morgan fingerprint density at radius 2 is 1.60 bits per heavy atom. The van der Waals surface area contributed by atoms with Crippen LogP contribution in [0.25, 0.3) is 11.4 Å². The summed E-state index contributed by atoms with van der Waals surface area (Å²) in [5.41, 5.74) is 1.69. The molecule has 1 aliphatic rings. The Kier molecular flexibility index (Phi) is 10.1. The van der Waals surface area contributed by atoms with E-state index in [2.05, 4.69) is 20.2 Å². The molecule has 50 heavy (non-hydrogen) atoms. The van der Waals surface area contributed by atoms with E-state index in [1.54, 1.807) is 54.6 Å². The van der Waals surface area contributed by atoms with Crippen LogP contribution in [0, 0.1) is 5.92 Å². The third-order valence-corrected chi connectivity index (χ3v) is 11.1. The van der Waals surface area contributed by atoms with E-state index in [1.807, 2.05) is 0 Å². The molecule has 1 unspecified atom stereocenters. The van der Waals surface area contributed by atoms with Crippen molar-refractivity contribution in [3.63, 3.8) is 0 Å². The highest BCUT2D eigenvalue weighted by Gasteiger charge is 2.40. The molecule has 2 heterocycles. The first-order chi connectivity index (χ1) is 23.7. The average Bonchev–Trinajstić information content (AvgIpc) is 3.74. The minimum atomic E-state index is -4.22. The number of benzene rings is 3. The summed E-state index contributed by atoms with van der Waals surface area (Å²) in [5, 5.41) is 31.7. The zero-order valence-electron chi connectivity index (χ0n) is 26.2. The number of hydrogen-bond acceptors (Lipinski definition) is 9. The number of nitrogens with zero attached hydrogens (tertiary/aromatic N) is 4. The van der Waals surface area contributed by atoms with Crippen molar-refractivity contribution in [2.75, 3.05) is 11.8 Å². The maximum Gasteiger partial charge on any atom is 0.340 e. The molecule has 1 saturated carbocycles. The summed E-state index contributed by atoms with van der Waals surface area (Å²) < 4.78 is 61.2. The minimum absolute atomic E-state index is 0.00226. The summed E-state index contributed by atoms with van der Waals surface area (Å²) in [6, 6.07) is 17.7. The summed E-state index contributed by atoms with van der Waals surface area (Å²) in [5.74, 6) is -1.16. The molecule has 3 aromatic carbocycles. The van der Waals surface area contributed by atoms with Gasteiger partial charge in [-0.2, -0.15) is 10.2 Å². The largest absolute Gasteiger partial charge is 0.465 e. The number of hydrogen-bond donors (Lipinski definition) is 3. The highest BCUT2D eigenvalue weighted by molar-refractivity contribution is 7.92. The highest BCUT2D eigenvalue weighted by atomic mass is 35.5. The number of methoxy groups -OCH3 is 1. The van der Waals surface area contributed by atoms with Crippen LogP contribution in [0.2, 0.25) is 10.0 Å². The summed E-state index contributed by atoms with van der Waals surface area (Å²) in [6.45, 7) is 0.289. The summed E-state index contributed by atoms with van der Waals surface area (Å²) in [7, 11) is -7.18. The van der Waals surface area contributed by atoms with Gasteiger partial charge in [0.1, 0.15) is 15.9 Å². The quantitative estimate of drug-likeness (QED) is 0.152. The molecule has 0 amide bonds. The average molecular weight is 760 g/mol. The van der Waals surface area contributed by atoms with Crippen molar-refractivity contribution in [2.45, 2.75) is 41.3 Å². The van der Waals surface area contributed by atoms with Crippen LogP contribution < -0.4 is 15.2 Å². The van der Waals surface area contributed by atoms with E-state index in [1.165, 1.54) is 41.0 Å². The van der Waals surface area contributed by atoms with Gasteiger partial charge in [-0.1, -0.05) is 29.3 Å². The molecule has 0 spiro atoms. The third-order valence-electron chi connectivity index (χ3n) is 8.31. The Morgan fingerprint density at radius 1 is 0.960 bits per heavy atom. The highest BCUT2D eigenvalue weighted by Crippen LogP contribution is 2.41. The Balaban J connectivity index is 1.12. The summed E-state index contributed by atoms with van der Waals surface area (Å²) in [4.78, 5) is 12.2. The molecule has 0 aliphatic heterocycles. The molecule has 18 heteroatoms. The van der Waals surface area contributed by atoms with Gasteiger partial charge < -0.3 is 10.1 Å². The molecule has 0 saturated heterocycles. The lowest BCUT2D eigenvalue weighted by Crippen LogP contribution is -2.43. The molecule has 0 bridgehead atoms. The molecule has 261 valence electrons. The zero-order valence-corrected chi connectivity index (χ0v) is 29.4. The molecular formula is C32H30Cl2N7O7S2. The van der Waals surface area contributed by atoms with E-state index in [9.17, 15) is 26.7 Å². The van der Waals surface area contributed by atoms with Crippen molar-refractivity contribution in [2.24, 2.45) is 11.1 Å².